The van der Waals surface area contributed by atoms with Crippen LogP contribution < -0.4 is 0 Å². The molecule has 2 aromatic carbocycles. The maximum Gasteiger partial charge on any atom is 0.234 e. The van der Waals surface area contributed by atoms with Gasteiger partial charge in [-0.2, -0.15) is 0 Å². The molecule has 0 fully saturated rings. The molecule has 0 unspecified atom stereocenters. The number of nitrogens with zero attached hydrogens (tertiary/aromatic N) is 2. The van der Waals surface area contributed by atoms with Crippen LogP contribution in [0.2, 0.25) is 0 Å². The van der Waals surface area contributed by atoms with Gasteiger partial charge in [0.05, 0.1) is 5.92 Å². The second-order valence-corrected chi connectivity index (χ2v) is 7.26. The van der Waals surface area contributed by atoms with E-state index >= 15 is 0 Å². The van der Waals surface area contributed by atoms with E-state index in [2.05, 4.69) is 56.9 Å². The van der Waals surface area contributed by atoms with Gasteiger partial charge in [0.2, 0.25) is 5.91 Å². The van der Waals surface area contributed by atoms with Crippen LogP contribution in [-0.2, 0) is 4.79 Å². The van der Waals surface area contributed by atoms with Gasteiger partial charge in [-0.25, -0.2) is 0 Å². The van der Waals surface area contributed by atoms with Gasteiger partial charge in [-0.05, 0) is 51.0 Å². The summed E-state index contributed by atoms with van der Waals surface area (Å²) in [7, 11) is 0. The highest BCUT2D eigenvalue weighted by atomic mass is 16.2. The van der Waals surface area contributed by atoms with Crippen LogP contribution in [0.3, 0.4) is 0 Å². The van der Waals surface area contributed by atoms with Gasteiger partial charge >= 0.3 is 0 Å². The first-order valence-electron chi connectivity index (χ1n) is 10.2. The zero-order valence-corrected chi connectivity index (χ0v) is 17.3. The van der Waals surface area contributed by atoms with E-state index in [1.165, 1.54) is 0 Å². The number of benzene rings is 2. The molecule has 3 heteroatoms. The summed E-state index contributed by atoms with van der Waals surface area (Å²) < 4.78 is 0. The molecule has 3 nitrogen and oxygen atoms in total. The first-order chi connectivity index (χ1) is 13.1. The third-order valence-corrected chi connectivity index (χ3v) is 5.19. The van der Waals surface area contributed by atoms with Gasteiger partial charge in [0.25, 0.3) is 0 Å². The molecular formula is C24H34N2O. The minimum absolute atomic E-state index is 0.184. The van der Waals surface area contributed by atoms with Crippen molar-refractivity contribution in [3.05, 3.63) is 71.8 Å². The van der Waals surface area contributed by atoms with E-state index in [9.17, 15) is 4.79 Å². The Morgan fingerprint density at radius 3 is 1.70 bits per heavy atom. The van der Waals surface area contributed by atoms with Crippen molar-refractivity contribution < 1.29 is 4.79 Å². The highest BCUT2D eigenvalue weighted by molar-refractivity contribution is 5.87. The van der Waals surface area contributed by atoms with Crippen LogP contribution in [0.25, 0.3) is 0 Å². The first kappa shape index (κ1) is 21.2. The second-order valence-electron chi connectivity index (χ2n) is 7.26. The highest BCUT2D eigenvalue weighted by Gasteiger charge is 2.28. The van der Waals surface area contributed by atoms with Gasteiger partial charge in [-0.3, -0.25) is 4.79 Å². The standard InChI is InChI=1S/C24H34N2O/c1-5-25(6-2)18-13-19-26(20(3)4)24(27)23(21-14-9-7-10-15-21)22-16-11-8-12-17-22/h7-12,14-17,20,23H,5-6,13,18-19H2,1-4H3. The van der Waals surface area contributed by atoms with Crippen LogP contribution in [0.5, 0.6) is 0 Å². The molecule has 0 atom stereocenters. The summed E-state index contributed by atoms with van der Waals surface area (Å²) in [6.07, 6.45) is 1.00. The summed E-state index contributed by atoms with van der Waals surface area (Å²) in [5.41, 5.74) is 2.12. The quantitative estimate of drug-likeness (QED) is 0.604. The zero-order valence-electron chi connectivity index (χ0n) is 17.3. The minimum atomic E-state index is -0.247. The topological polar surface area (TPSA) is 23.6 Å². The average Bonchev–Trinajstić information content (AvgIpc) is 2.69. The normalized spacial score (nSPS) is 11.4. The van der Waals surface area contributed by atoms with Crippen molar-refractivity contribution in [2.45, 2.75) is 46.1 Å². The molecule has 0 saturated carbocycles. The largest absolute Gasteiger partial charge is 0.339 e. The van der Waals surface area contributed by atoms with Crippen molar-refractivity contribution in [3.63, 3.8) is 0 Å². The lowest BCUT2D eigenvalue weighted by molar-refractivity contribution is -0.133. The Labute approximate surface area is 165 Å². The van der Waals surface area contributed by atoms with E-state index in [-0.39, 0.29) is 17.9 Å². The summed E-state index contributed by atoms with van der Waals surface area (Å²) in [5.74, 6) is -0.0507. The predicted octanol–water partition coefficient (Wildman–Crippen LogP) is 4.79. The minimum Gasteiger partial charge on any atom is -0.339 e. The summed E-state index contributed by atoms with van der Waals surface area (Å²) in [4.78, 5) is 18.1. The molecule has 27 heavy (non-hydrogen) atoms. The fraction of sp³-hybridized carbons (Fsp3) is 0.458. The summed E-state index contributed by atoms with van der Waals surface area (Å²) in [6.45, 7) is 12.6. The lowest BCUT2D eigenvalue weighted by Crippen LogP contribution is -2.42. The van der Waals surface area contributed by atoms with E-state index in [0.717, 1.165) is 43.7 Å². The van der Waals surface area contributed by atoms with Gasteiger partial charge in [0, 0.05) is 12.6 Å². The molecule has 2 rings (SSSR count). The fourth-order valence-electron chi connectivity index (χ4n) is 3.56. The predicted molar refractivity (Wildman–Crippen MR) is 114 cm³/mol. The molecular weight excluding hydrogens is 332 g/mol. The molecule has 0 aliphatic rings. The van der Waals surface area contributed by atoms with Crippen LogP contribution in [0.15, 0.2) is 60.7 Å². The number of rotatable bonds is 10. The van der Waals surface area contributed by atoms with Crippen molar-refractivity contribution in [2.24, 2.45) is 0 Å². The van der Waals surface area contributed by atoms with E-state index < -0.39 is 0 Å². The second kappa shape index (κ2) is 10.9. The number of hydrogen-bond donors (Lipinski definition) is 0. The lowest BCUT2D eigenvalue weighted by atomic mass is 9.89. The molecule has 0 aromatic heterocycles. The number of carbonyl (C=O) groups is 1. The van der Waals surface area contributed by atoms with Gasteiger partial charge < -0.3 is 9.80 Å². The Morgan fingerprint density at radius 2 is 1.30 bits per heavy atom. The molecule has 0 saturated heterocycles. The van der Waals surface area contributed by atoms with E-state index in [1.54, 1.807) is 0 Å². The SMILES string of the molecule is CCN(CC)CCCN(C(=O)C(c1ccccc1)c1ccccc1)C(C)C. The van der Waals surface area contributed by atoms with Crippen molar-refractivity contribution in [2.75, 3.05) is 26.2 Å². The Kier molecular flexibility index (Phi) is 8.53. The monoisotopic (exact) mass is 366 g/mol. The molecule has 0 spiro atoms. The maximum atomic E-state index is 13.6. The lowest BCUT2D eigenvalue weighted by Gasteiger charge is -2.32. The molecule has 0 aliphatic heterocycles. The van der Waals surface area contributed by atoms with Gasteiger partial charge in [0.15, 0.2) is 0 Å². The van der Waals surface area contributed by atoms with Crippen LogP contribution in [-0.4, -0.2) is 47.9 Å². The fourth-order valence-corrected chi connectivity index (χ4v) is 3.56. The summed E-state index contributed by atoms with van der Waals surface area (Å²) in [5, 5.41) is 0. The van der Waals surface area contributed by atoms with Crippen molar-refractivity contribution in [1.82, 2.24) is 9.80 Å². The Hall–Kier alpha value is -2.13. The van der Waals surface area contributed by atoms with Gasteiger partial charge in [-0.1, -0.05) is 74.5 Å². The van der Waals surface area contributed by atoms with Crippen LogP contribution in [0.1, 0.15) is 51.2 Å². The van der Waals surface area contributed by atoms with Gasteiger partial charge in [0.1, 0.15) is 0 Å². The van der Waals surface area contributed by atoms with Crippen molar-refractivity contribution in [3.8, 4) is 0 Å². The molecule has 2 aromatic rings. The molecule has 0 radical (unpaired) electrons. The summed E-state index contributed by atoms with van der Waals surface area (Å²) in [6, 6.07) is 20.5. The molecule has 146 valence electrons. The highest BCUT2D eigenvalue weighted by Crippen LogP contribution is 2.27. The maximum absolute atomic E-state index is 13.6. The molecule has 1 amide bonds. The smallest absolute Gasteiger partial charge is 0.234 e. The summed E-state index contributed by atoms with van der Waals surface area (Å²) >= 11 is 0. The Balaban J connectivity index is 2.23. The van der Waals surface area contributed by atoms with Crippen molar-refractivity contribution >= 4 is 5.91 Å². The first-order valence-corrected chi connectivity index (χ1v) is 10.2. The van der Waals surface area contributed by atoms with Crippen LogP contribution in [0, 0.1) is 0 Å². The number of carbonyl (C=O) groups excluding carboxylic acids is 1. The molecule has 0 N–H and O–H groups in total. The average molecular weight is 367 g/mol. The van der Waals surface area contributed by atoms with Crippen LogP contribution in [0.4, 0.5) is 0 Å². The molecule has 0 aliphatic carbocycles. The van der Waals surface area contributed by atoms with E-state index in [4.69, 9.17) is 0 Å². The number of amides is 1. The van der Waals surface area contributed by atoms with Gasteiger partial charge in [-0.15, -0.1) is 0 Å². The Morgan fingerprint density at radius 1 is 0.815 bits per heavy atom. The van der Waals surface area contributed by atoms with Crippen LogP contribution >= 0.6 is 0 Å². The molecule has 0 bridgehead atoms. The zero-order chi connectivity index (χ0) is 19.6. The third kappa shape index (κ3) is 5.93. The Bertz CT molecular complexity index is 626. The number of hydrogen-bond acceptors (Lipinski definition) is 2. The van der Waals surface area contributed by atoms with E-state index in [0.29, 0.717) is 0 Å². The van der Waals surface area contributed by atoms with E-state index in [1.807, 2.05) is 41.3 Å². The van der Waals surface area contributed by atoms with Crippen molar-refractivity contribution in [1.29, 1.82) is 0 Å². The third-order valence-electron chi connectivity index (χ3n) is 5.19. The molecule has 0 heterocycles.